The first-order valence-electron chi connectivity index (χ1n) is 8.04. The summed E-state index contributed by atoms with van der Waals surface area (Å²) in [7, 11) is 1.82. The van der Waals surface area contributed by atoms with Gasteiger partial charge in [-0.3, -0.25) is 4.98 Å². The summed E-state index contributed by atoms with van der Waals surface area (Å²) in [4.78, 5) is 13.2. The molecule has 0 atom stereocenters. The Morgan fingerprint density at radius 3 is 2.67 bits per heavy atom. The second kappa shape index (κ2) is 7.08. The molecule has 0 aliphatic rings. The van der Waals surface area contributed by atoms with Crippen molar-refractivity contribution in [1.82, 2.24) is 15.0 Å². The summed E-state index contributed by atoms with van der Waals surface area (Å²) in [6.07, 6.45) is 4.52. The minimum atomic E-state index is 0.575. The number of anilines is 3. The van der Waals surface area contributed by atoms with E-state index in [2.05, 4.69) is 57.6 Å². The van der Waals surface area contributed by atoms with Crippen LogP contribution in [0.2, 0.25) is 0 Å². The Balaban J connectivity index is 2.03. The highest BCUT2D eigenvalue weighted by molar-refractivity contribution is 5.69. The highest BCUT2D eigenvalue weighted by Crippen LogP contribution is 2.27. The topological polar surface area (TPSA) is 62.7 Å². The lowest BCUT2D eigenvalue weighted by Crippen LogP contribution is -2.04. The van der Waals surface area contributed by atoms with Crippen LogP contribution in [0.4, 0.5) is 17.5 Å². The van der Waals surface area contributed by atoms with Gasteiger partial charge in [-0.2, -0.15) is 4.98 Å². The van der Waals surface area contributed by atoms with Crippen molar-refractivity contribution in [2.45, 2.75) is 20.3 Å². The predicted octanol–water partition coefficient (Wildman–Crippen LogP) is 4.19. The Bertz CT molecular complexity index is 830. The van der Waals surface area contributed by atoms with E-state index in [1.165, 1.54) is 11.1 Å². The molecule has 0 aliphatic heterocycles. The van der Waals surface area contributed by atoms with E-state index in [1.807, 2.05) is 25.2 Å². The minimum absolute atomic E-state index is 0.575. The number of hydrogen-bond acceptors (Lipinski definition) is 5. The SMILES string of the molecule is CCc1cccc(C)c1Nc1cc(-c2cccnc2)nc(NC)n1. The van der Waals surface area contributed by atoms with Crippen LogP contribution in [-0.4, -0.2) is 22.0 Å². The van der Waals surface area contributed by atoms with Crippen molar-refractivity contribution in [2.24, 2.45) is 0 Å². The number of benzene rings is 1. The van der Waals surface area contributed by atoms with Gasteiger partial charge in [0.25, 0.3) is 0 Å². The van der Waals surface area contributed by atoms with Crippen molar-refractivity contribution in [3.63, 3.8) is 0 Å². The van der Waals surface area contributed by atoms with Crippen LogP contribution in [-0.2, 0) is 6.42 Å². The first-order valence-corrected chi connectivity index (χ1v) is 8.04. The van der Waals surface area contributed by atoms with Gasteiger partial charge in [0.05, 0.1) is 5.69 Å². The van der Waals surface area contributed by atoms with Gasteiger partial charge in [-0.1, -0.05) is 25.1 Å². The van der Waals surface area contributed by atoms with Gasteiger partial charge in [0.2, 0.25) is 5.95 Å². The van der Waals surface area contributed by atoms with Gasteiger partial charge < -0.3 is 10.6 Å². The molecule has 0 amide bonds. The molecule has 0 saturated heterocycles. The predicted molar refractivity (Wildman–Crippen MR) is 98.6 cm³/mol. The third-order valence-electron chi connectivity index (χ3n) is 3.90. The average Bonchev–Trinajstić information content (AvgIpc) is 2.64. The van der Waals surface area contributed by atoms with Crippen LogP contribution in [0, 0.1) is 6.92 Å². The van der Waals surface area contributed by atoms with Crippen molar-refractivity contribution in [2.75, 3.05) is 17.7 Å². The number of nitrogens with zero attached hydrogens (tertiary/aromatic N) is 3. The van der Waals surface area contributed by atoms with Gasteiger partial charge in [0.15, 0.2) is 0 Å². The number of pyridine rings is 1. The number of aryl methyl sites for hydroxylation is 2. The highest BCUT2D eigenvalue weighted by Gasteiger charge is 2.09. The van der Waals surface area contributed by atoms with Crippen LogP contribution in [0.1, 0.15) is 18.1 Å². The van der Waals surface area contributed by atoms with Crippen LogP contribution in [0.3, 0.4) is 0 Å². The lowest BCUT2D eigenvalue weighted by Gasteiger charge is -2.15. The van der Waals surface area contributed by atoms with Crippen LogP contribution >= 0.6 is 0 Å². The molecule has 122 valence electrons. The quantitative estimate of drug-likeness (QED) is 0.738. The Labute approximate surface area is 142 Å². The molecule has 0 bridgehead atoms. The maximum absolute atomic E-state index is 4.54. The zero-order chi connectivity index (χ0) is 16.9. The van der Waals surface area contributed by atoms with Crippen molar-refractivity contribution in [3.05, 3.63) is 59.9 Å². The number of rotatable bonds is 5. The molecule has 0 aliphatic carbocycles. The maximum Gasteiger partial charge on any atom is 0.224 e. The van der Waals surface area contributed by atoms with Crippen LogP contribution in [0.5, 0.6) is 0 Å². The molecule has 2 aromatic heterocycles. The summed E-state index contributed by atoms with van der Waals surface area (Å²) in [5, 5.41) is 6.49. The Morgan fingerprint density at radius 2 is 1.96 bits per heavy atom. The van der Waals surface area contributed by atoms with Crippen LogP contribution in [0.15, 0.2) is 48.8 Å². The minimum Gasteiger partial charge on any atom is -0.357 e. The van der Waals surface area contributed by atoms with E-state index < -0.39 is 0 Å². The molecule has 5 nitrogen and oxygen atoms in total. The Morgan fingerprint density at radius 1 is 1.08 bits per heavy atom. The molecule has 24 heavy (non-hydrogen) atoms. The van der Waals surface area contributed by atoms with Crippen molar-refractivity contribution >= 4 is 17.5 Å². The van der Waals surface area contributed by atoms with E-state index in [0.29, 0.717) is 5.95 Å². The molecule has 0 spiro atoms. The fraction of sp³-hybridized carbons (Fsp3) is 0.211. The second-order valence-corrected chi connectivity index (χ2v) is 5.54. The number of aromatic nitrogens is 3. The first-order chi connectivity index (χ1) is 11.7. The Hall–Kier alpha value is -2.95. The van der Waals surface area contributed by atoms with E-state index in [9.17, 15) is 0 Å². The molecule has 0 saturated carbocycles. The standard InChI is InChI=1S/C19H21N5/c1-4-14-8-5-7-13(2)18(14)23-17-11-16(22-19(20-3)24-17)15-9-6-10-21-12-15/h5-12H,4H2,1-3H3,(H2,20,22,23,24). The highest BCUT2D eigenvalue weighted by atomic mass is 15.1. The normalized spacial score (nSPS) is 10.5. The fourth-order valence-corrected chi connectivity index (χ4v) is 2.62. The summed E-state index contributed by atoms with van der Waals surface area (Å²) in [6, 6.07) is 12.2. The third kappa shape index (κ3) is 3.35. The van der Waals surface area contributed by atoms with E-state index in [1.54, 1.807) is 12.4 Å². The van der Waals surface area contributed by atoms with Crippen molar-refractivity contribution in [3.8, 4) is 11.3 Å². The molecule has 0 fully saturated rings. The van der Waals surface area contributed by atoms with Gasteiger partial charge in [0.1, 0.15) is 5.82 Å². The maximum atomic E-state index is 4.54. The van der Waals surface area contributed by atoms with Gasteiger partial charge in [-0.05, 0) is 36.6 Å². The number of para-hydroxylation sites is 1. The van der Waals surface area contributed by atoms with Crippen LogP contribution < -0.4 is 10.6 Å². The zero-order valence-electron chi connectivity index (χ0n) is 14.2. The summed E-state index contributed by atoms with van der Waals surface area (Å²) in [5.74, 6) is 1.34. The lowest BCUT2D eigenvalue weighted by molar-refractivity contribution is 1.12. The van der Waals surface area contributed by atoms with Crippen molar-refractivity contribution < 1.29 is 0 Å². The molecule has 0 unspecified atom stereocenters. The molecule has 3 aromatic rings. The van der Waals surface area contributed by atoms with Crippen LogP contribution in [0.25, 0.3) is 11.3 Å². The molecule has 3 rings (SSSR count). The number of nitrogens with one attached hydrogen (secondary N) is 2. The van der Waals surface area contributed by atoms with E-state index >= 15 is 0 Å². The number of hydrogen-bond donors (Lipinski definition) is 2. The molecule has 0 radical (unpaired) electrons. The molecule has 5 heteroatoms. The van der Waals surface area contributed by atoms with E-state index in [0.717, 1.165) is 29.2 Å². The lowest BCUT2D eigenvalue weighted by atomic mass is 10.1. The van der Waals surface area contributed by atoms with Gasteiger partial charge in [-0.25, -0.2) is 4.98 Å². The van der Waals surface area contributed by atoms with Gasteiger partial charge in [-0.15, -0.1) is 0 Å². The summed E-state index contributed by atoms with van der Waals surface area (Å²) in [6.45, 7) is 4.25. The second-order valence-electron chi connectivity index (χ2n) is 5.54. The molecular weight excluding hydrogens is 298 g/mol. The molecule has 2 N–H and O–H groups in total. The smallest absolute Gasteiger partial charge is 0.224 e. The summed E-state index contributed by atoms with van der Waals surface area (Å²) in [5.41, 5.74) is 5.36. The van der Waals surface area contributed by atoms with E-state index in [-0.39, 0.29) is 0 Å². The van der Waals surface area contributed by atoms with Gasteiger partial charge >= 0.3 is 0 Å². The summed E-state index contributed by atoms with van der Waals surface area (Å²) < 4.78 is 0. The molecular formula is C19H21N5. The van der Waals surface area contributed by atoms with Crippen molar-refractivity contribution in [1.29, 1.82) is 0 Å². The first kappa shape index (κ1) is 15.9. The third-order valence-corrected chi connectivity index (χ3v) is 3.90. The largest absolute Gasteiger partial charge is 0.357 e. The monoisotopic (exact) mass is 319 g/mol. The Kier molecular flexibility index (Phi) is 4.70. The zero-order valence-corrected chi connectivity index (χ0v) is 14.2. The van der Waals surface area contributed by atoms with E-state index in [4.69, 9.17) is 0 Å². The molecule has 2 heterocycles. The molecule has 1 aromatic carbocycles. The van der Waals surface area contributed by atoms with Gasteiger partial charge in [0, 0.05) is 36.8 Å². The summed E-state index contributed by atoms with van der Waals surface area (Å²) >= 11 is 0. The fourth-order valence-electron chi connectivity index (χ4n) is 2.62. The average molecular weight is 319 g/mol.